The molecule has 3 aliphatic rings. The molecule has 1 aromatic rings. The number of rotatable bonds is 4. The summed E-state index contributed by atoms with van der Waals surface area (Å²) in [5, 5.41) is 2.96. The van der Waals surface area contributed by atoms with Crippen molar-refractivity contribution in [2.45, 2.75) is 31.4 Å². The van der Waals surface area contributed by atoms with Crippen LogP contribution in [0.2, 0.25) is 0 Å². The van der Waals surface area contributed by atoms with E-state index in [2.05, 4.69) is 28.4 Å². The fraction of sp³-hybridized carbons (Fsp3) is 0.650. The number of methoxy groups -OCH3 is 1. The van der Waals surface area contributed by atoms with Crippen molar-refractivity contribution in [3.8, 4) is 5.75 Å². The molecule has 6 nitrogen and oxygen atoms in total. The second kappa shape index (κ2) is 7.84. The standard InChI is InChI=1S/C20H29N3O3/c1-25-19-13-22(10-7-17(19)23-9-4-8-21-20(23)24)12-15-11-16-5-2-3-6-18(16)26-14-15/h2-3,5-6,15,17,19H,4,7-14H2,1H3,(H,21,24). The molecule has 3 atom stereocenters. The van der Waals surface area contributed by atoms with Gasteiger partial charge in [0, 0.05) is 45.8 Å². The van der Waals surface area contributed by atoms with Gasteiger partial charge in [0.05, 0.1) is 18.8 Å². The van der Waals surface area contributed by atoms with Gasteiger partial charge in [-0.15, -0.1) is 0 Å². The zero-order chi connectivity index (χ0) is 17.9. The number of ether oxygens (including phenoxy) is 2. The first-order valence-corrected chi connectivity index (χ1v) is 9.75. The minimum Gasteiger partial charge on any atom is -0.493 e. The number of hydrogen-bond donors (Lipinski definition) is 1. The Bertz CT molecular complexity index is 638. The van der Waals surface area contributed by atoms with Crippen LogP contribution in [0.1, 0.15) is 18.4 Å². The van der Waals surface area contributed by atoms with E-state index in [1.807, 2.05) is 11.0 Å². The van der Waals surface area contributed by atoms with Crippen molar-refractivity contribution in [3.05, 3.63) is 29.8 Å². The van der Waals surface area contributed by atoms with E-state index in [0.717, 1.165) is 64.3 Å². The number of urea groups is 1. The van der Waals surface area contributed by atoms with Gasteiger partial charge >= 0.3 is 6.03 Å². The first-order valence-electron chi connectivity index (χ1n) is 9.75. The van der Waals surface area contributed by atoms with Gasteiger partial charge in [0.25, 0.3) is 0 Å². The molecule has 26 heavy (non-hydrogen) atoms. The Balaban J connectivity index is 1.35. The number of likely N-dealkylation sites (tertiary alicyclic amines) is 1. The van der Waals surface area contributed by atoms with Gasteiger partial charge in [-0.05, 0) is 30.9 Å². The third-order valence-corrected chi connectivity index (χ3v) is 5.90. The molecule has 0 saturated carbocycles. The maximum Gasteiger partial charge on any atom is 0.317 e. The molecule has 3 aliphatic heterocycles. The fourth-order valence-corrected chi connectivity index (χ4v) is 4.56. The number of carbonyl (C=O) groups excluding carboxylic acids is 1. The molecule has 2 saturated heterocycles. The first kappa shape index (κ1) is 17.6. The van der Waals surface area contributed by atoms with Crippen molar-refractivity contribution >= 4 is 6.03 Å². The minimum absolute atomic E-state index is 0.0639. The van der Waals surface area contributed by atoms with Crippen LogP contribution in [0.5, 0.6) is 5.75 Å². The highest BCUT2D eigenvalue weighted by Gasteiger charge is 2.37. The van der Waals surface area contributed by atoms with E-state index in [-0.39, 0.29) is 18.2 Å². The largest absolute Gasteiger partial charge is 0.493 e. The average molecular weight is 359 g/mol. The number of nitrogens with one attached hydrogen (secondary N) is 1. The Labute approximate surface area is 155 Å². The molecule has 1 N–H and O–H groups in total. The fourth-order valence-electron chi connectivity index (χ4n) is 4.56. The number of piperidine rings is 1. The molecule has 3 heterocycles. The molecule has 6 heteroatoms. The summed E-state index contributed by atoms with van der Waals surface area (Å²) < 4.78 is 11.7. The van der Waals surface area contributed by atoms with Crippen LogP contribution in [-0.4, -0.2) is 74.4 Å². The Hall–Kier alpha value is -1.79. The van der Waals surface area contributed by atoms with Crippen molar-refractivity contribution in [3.63, 3.8) is 0 Å². The third-order valence-electron chi connectivity index (χ3n) is 5.90. The second-order valence-electron chi connectivity index (χ2n) is 7.66. The van der Waals surface area contributed by atoms with E-state index in [0.29, 0.717) is 5.92 Å². The number of para-hydroxylation sites is 1. The summed E-state index contributed by atoms with van der Waals surface area (Å²) in [7, 11) is 1.77. The van der Waals surface area contributed by atoms with Gasteiger partial charge in [-0.25, -0.2) is 4.79 Å². The van der Waals surface area contributed by atoms with E-state index in [1.54, 1.807) is 7.11 Å². The van der Waals surface area contributed by atoms with Gasteiger partial charge in [-0.3, -0.25) is 0 Å². The van der Waals surface area contributed by atoms with Crippen LogP contribution < -0.4 is 10.1 Å². The Kier molecular flexibility index (Phi) is 5.31. The smallest absolute Gasteiger partial charge is 0.317 e. The molecule has 1 aromatic carbocycles. The molecule has 0 spiro atoms. The zero-order valence-electron chi connectivity index (χ0n) is 15.5. The molecule has 2 fully saturated rings. The van der Waals surface area contributed by atoms with Crippen molar-refractivity contribution < 1.29 is 14.3 Å². The summed E-state index contributed by atoms with van der Waals surface area (Å²) in [5.74, 6) is 1.55. The quantitative estimate of drug-likeness (QED) is 0.890. The Morgan fingerprint density at radius 2 is 2.19 bits per heavy atom. The van der Waals surface area contributed by atoms with Gasteiger partial charge in [-0.1, -0.05) is 18.2 Å². The SMILES string of the molecule is COC1CN(CC2COc3ccccc3C2)CCC1N1CCCNC1=O. The highest BCUT2D eigenvalue weighted by molar-refractivity contribution is 5.75. The number of nitrogens with zero attached hydrogens (tertiary/aromatic N) is 2. The van der Waals surface area contributed by atoms with Gasteiger partial charge in [0.1, 0.15) is 5.75 Å². The molecule has 4 rings (SSSR count). The number of fused-ring (bicyclic) bond motifs is 1. The molecular weight excluding hydrogens is 330 g/mol. The molecule has 0 aromatic heterocycles. The molecule has 3 unspecified atom stereocenters. The van der Waals surface area contributed by atoms with E-state index in [4.69, 9.17) is 9.47 Å². The van der Waals surface area contributed by atoms with Crippen LogP contribution in [-0.2, 0) is 11.2 Å². The van der Waals surface area contributed by atoms with Gasteiger partial charge in [0.2, 0.25) is 0 Å². The lowest BCUT2D eigenvalue weighted by Gasteiger charge is -2.45. The summed E-state index contributed by atoms with van der Waals surface area (Å²) in [6.45, 7) is 5.31. The summed E-state index contributed by atoms with van der Waals surface area (Å²) in [6, 6.07) is 8.58. The highest BCUT2D eigenvalue weighted by atomic mass is 16.5. The van der Waals surface area contributed by atoms with E-state index >= 15 is 0 Å². The van der Waals surface area contributed by atoms with E-state index in [1.165, 1.54) is 5.56 Å². The van der Waals surface area contributed by atoms with Crippen molar-refractivity contribution in [2.75, 3.05) is 46.4 Å². The topological polar surface area (TPSA) is 54.0 Å². The van der Waals surface area contributed by atoms with E-state index in [9.17, 15) is 4.79 Å². The Morgan fingerprint density at radius 3 is 3.04 bits per heavy atom. The summed E-state index contributed by atoms with van der Waals surface area (Å²) in [5.41, 5.74) is 1.31. The van der Waals surface area contributed by atoms with Gasteiger partial charge in [-0.2, -0.15) is 0 Å². The molecular formula is C20H29N3O3. The molecule has 0 bridgehead atoms. The lowest BCUT2D eigenvalue weighted by molar-refractivity contribution is -0.0332. The predicted molar refractivity (Wildman–Crippen MR) is 99.5 cm³/mol. The van der Waals surface area contributed by atoms with Crippen LogP contribution in [0.15, 0.2) is 24.3 Å². The zero-order valence-corrected chi connectivity index (χ0v) is 15.5. The van der Waals surface area contributed by atoms with Crippen molar-refractivity contribution in [2.24, 2.45) is 5.92 Å². The first-order chi connectivity index (χ1) is 12.7. The number of amides is 2. The lowest BCUT2D eigenvalue weighted by Crippen LogP contribution is -2.60. The number of hydrogen-bond acceptors (Lipinski definition) is 4. The van der Waals surface area contributed by atoms with Gasteiger partial charge in [0.15, 0.2) is 0 Å². The molecule has 0 aliphatic carbocycles. The lowest BCUT2D eigenvalue weighted by atomic mass is 9.94. The predicted octanol–water partition coefficient (Wildman–Crippen LogP) is 1.74. The maximum atomic E-state index is 12.2. The van der Waals surface area contributed by atoms with Crippen LogP contribution in [0, 0.1) is 5.92 Å². The molecule has 0 radical (unpaired) electrons. The Morgan fingerprint density at radius 1 is 1.31 bits per heavy atom. The summed E-state index contributed by atoms with van der Waals surface area (Å²) in [6.07, 6.45) is 3.13. The highest BCUT2D eigenvalue weighted by Crippen LogP contribution is 2.28. The minimum atomic E-state index is 0.0639. The van der Waals surface area contributed by atoms with Crippen LogP contribution >= 0.6 is 0 Å². The molecule has 2 amide bonds. The van der Waals surface area contributed by atoms with Crippen molar-refractivity contribution in [1.29, 1.82) is 0 Å². The number of benzene rings is 1. The van der Waals surface area contributed by atoms with E-state index < -0.39 is 0 Å². The normalized spacial score (nSPS) is 29.7. The van der Waals surface area contributed by atoms with Crippen LogP contribution in [0.25, 0.3) is 0 Å². The van der Waals surface area contributed by atoms with Crippen LogP contribution in [0.3, 0.4) is 0 Å². The van der Waals surface area contributed by atoms with Gasteiger partial charge < -0.3 is 24.6 Å². The summed E-state index contributed by atoms with van der Waals surface area (Å²) in [4.78, 5) is 16.7. The second-order valence-corrected chi connectivity index (χ2v) is 7.66. The number of carbonyl (C=O) groups is 1. The third kappa shape index (κ3) is 3.67. The molecule has 142 valence electrons. The maximum absolute atomic E-state index is 12.2. The average Bonchev–Trinajstić information content (AvgIpc) is 2.68. The van der Waals surface area contributed by atoms with Crippen molar-refractivity contribution in [1.82, 2.24) is 15.1 Å². The summed E-state index contributed by atoms with van der Waals surface area (Å²) >= 11 is 0. The monoisotopic (exact) mass is 359 g/mol. The van der Waals surface area contributed by atoms with Crippen LogP contribution in [0.4, 0.5) is 4.79 Å².